The van der Waals surface area contributed by atoms with Gasteiger partial charge in [0.05, 0.1) is 12.2 Å². The van der Waals surface area contributed by atoms with E-state index in [0.29, 0.717) is 28.8 Å². The monoisotopic (exact) mass is 539 g/mol. The molecule has 0 saturated carbocycles. The van der Waals surface area contributed by atoms with E-state index in [0.717, 1.165) is 6.07 Å². The van der Waals surface area contributed by atoms with Crippen LogP contribution in [0.2, 0.25) is 5.02 Å². The second-order valence-corrected chi connectivity index (χ2v) is 9.75. The first-order chi connectivity index (χ1) is 17.6. The number of azo groups is 1. The van der Waals surface area contributed by atoms with Crippen molar-refractivity contribution < 1.29 is 27.6 Å². The Morgan fingerprint density at radius 3 is 2.38 bits per heavy atom. The molecule has 4 rings (SSSR count). The maximum absolute atomic E-state index is 13.1. The Morgan fingerprint density at radius 2 is 1.70 bits per heavy atom. The first-order valence-electron chi connectivity index (χ1n) is 11.1. The minimum Gasteiger partial charge on any atom is -0.505 e. The molecule has 4 aromatic carbocycles. The quantitative estimate of drug-likeness (QED) is 0.174. The molecule has 0 fully saturated rings. The molecule has 1 amide bonds. The summed E-state index contributed by atoms with van der Waals surface area (Å²) in [5.41, 5.74) is 0.419. The van der Waals surface area contributed by atoms with E-state index in [2.05, 4.69) is 15.5 Å². The van der Waals surface area contributed by atoms with Gasteiger partial charge in [-0.3, -0.25) is 9.35 Å². The zero-order valence-corrected chi connectivity index (χ0v) is 21.3. The van der Waals surface area contributed by atoms with Crippen molar-refractivity contribution in [1.82, 2.24) is 0 Å². The first-order valence-corrected chi connectivity index (χ1v) is 12.9. The van der Waals surface area contributed by atoms with Crippen LogP contribution in [-0.4, -0.2) is 30.6 Å². The number of nitrogens with one attached hydrogen (secondary N) is 1. The molecular formula is C26H22ClN3O6S. The van der Waals surface area contributed by atoms with E-state index < -0.39 is 26.7 Å². The number of hydrogen-bond acceptors (Lipinski definition) is 7. The smallest absolute Gasteiger partial charge is 0.296 e. The van der Waals surface area contributed by atoms with Crippen LogP contribution < -0.4 is 10.1 Å². The number of nitrogens with zero attached hydrogens (tertiary/aromatic N) is 2. The molecule has 0 saturated heterocycles. The predicted molar refractivity (Wildman–Crippen MR) is 141 cm³/mol. The largest absolute Gasteiger partial charge is 0.505 e. The van der Waals surface area contributed by atoms with Crippen molar-refractivity contribution in [3.8, 4) is 11.5 Å². The Bertz CT molecular complexity index is 1640. The first kappa shape index (κ1) is 26.1. The van der Waals surface area contributed by atoms with Crippen LogP contribution in [0.5, 0.6) is 11.5 Å². The van der Waals surface area contributed by atoms with E-state index in [4.69, 9.17) is 16.3 Å². The summed E-state index contributed by atoms with van der Waals surface area (Å²) in [6.45, 7) is 3.89. The SMILES string of the molecule is CCOc1ccc(NC(=O)c2cc3ccccc3c(N=Nc3c(S(=O)(=O)O)ccc(Cl)c3C)c2O)cc1. The van der Waals surface area contributed by atoms with Crippen LogP contribution in [0.1, 0.15) is 22.8 Å². The van der Waals surface area contributed by atoms with Crippen LogP contribution in [0.25, 0.3) is 10.8 Å². The van der Waals surface area contributed by atoms with E-state index in [-0.39, 0.29) is 27.5 Å². The molecule has 0 radical (unpaired) electrons. The number of fused-ring (bicyclic) bond motifs is 1. The number of ether oxygens (including phenoxy) is 1. The number of halogens is 1. The van der Waals surface area contributed by atoms with Gasteiger partial charge in [-0.15, -0.1) is 10.2 Å². The Kier molecular flexibility index (Phi) is 7.44. The fraction of sp³-hybridized carbons (Fsp3) is 0.115. The van der Waals surface area contributed by atoms with E-state index in [9.17, 15) is 22.9 Å². The Balaban J connectivity index is 1.79. The standard InChI is InChI=1S/C26H22ClN3O6S/c1-3-36-18-10-8-17(9-11-18)28-26(32)20-14-16-6-4-5-7-19(16)24(25(20)31)30-29-23-15(2)21(27)12-13-22(23)37(33,34)35/h4-14,31H,3H2,1-2H3,(H,28,32)(H,33,34,35). The molecular weight excluding hydrogens is 518 g/mol. The Hall–Kier alpha value is -3.99. The molecule has 11 heteroatoms. The van der Waals surface area contributed by atoms with Gasteiger partial charge in [0.2, 0.25) is 0 Å². The lowest BCUT2D eigenvalue weighted by atomic mass is 10.0. The van der Waals surface area contributed by atoms with Crippen LogP contribution in [0.4, 0.5) is 17.1 Å². The molecule has 9 nitrogen and oxygen atoms in total. The summed E-state index contributed by atoms with van der Waals surface area (Å²) in [7, 11) is -4.64. The molecule has 0 aliphatic heterocycles. The second-order valence-electron chi connectivity index (χ2n) is 7.95. The molecule has 0 unspecified atom stereocenters. The average Bonchev–Trinajstić information content (AvgIpc) is 2.86. The summed E-state index contributed by atoms with van der Waals surface area (Å²) in [5.74, 6) is -0.405. The number of phenols is 1. The number of phenolic OH excluding ortho intramolecular Hbond substituents is 1. The van der Waals surface area contributed by atoms with Gasteiger partial charge in [0, 0.05) is 16.1 Å². The lowest BCUT2D eigenvalue weighted by Gasteiger charge is -2.12. The van der Waals surface area contributed by atoms with Gasteiger partial charge < -0.3 is 15.2 Å². The molecule has 0 aliphatic carbocycles. The molecule has 3 N–H and O–H groups in total. The van der Waals surface area contributed by atoms with Gasteiger partial charge in [0.15, 0.2) is 5.75 Å². The van der Waals surface area contributed by atoms with Gasteiger partial charge in [-0.1, -0.05) is 35.9 Å². The number of rotatable bonds is 7. The molecule has 0 spiro atoms. The molecule has 0 heterocycles. The molecule has 0 bridgehead atoms. The van der Waals surface area contributed by atoms with Gasteiger partial charge in [-0.25, -0.2) is 0 Å². The summed E-state index contributed by atoms with van der Waals surface area (Å²) in [6, 6.07) is 17.6. The van der Waals surface area contributed by atoms with Gasteiger partial charge >= 0.3 is 0 Å². The van der Waals surface area contributed by atoms with Crippen LogP contribution in [-0.2, 0) is 10.1 Å². The minimum absolute atomic E-state index is 0.0596. The van der Waals surface area contributed by atoms with Crippen LogP contribution in [0, 0.1) is 6.92 Å². The predicted octanol–water partition coefficient (Wildman–Crippen LogP) is 6.82. The second kappa shape index (κ2) is 10.6. The van der Waals surface area contributed by atoms with Crippen LogP contribution in [0.15, 0.2) is 81.9 Å². The summed E-state index contributed by atoms with van der Waals surface area (Å²) >= 11 is 6.13. The highest BCUT2D eigenvalue weighted by Crippen LogP contribution is 2.41. The lowest BCUT2D eigenvalue weighted by Crippen LogP contribution is -2.12. The molecule has 190 valence electrons. The van der Waals surface area contributed by atoms with Gasteiger partial charge in [-0.05, 0) is 67.3 Å². The highest BCUT2D eigenvalue weighted by Gasteiger charge is 2.21. The van der Waals surface area contributed by atoms with Gasteiger partial charge in [0.1, 0.15) is 22.0 Å². The van der Waals surface area contributed by atoms with Crippen molar-refractivity contribution >= 4 is 55.5 Å². The van der Waals surface area contributed by atoms with Crippen molar-refractivity contribution in [3.05, 3.63) is 82.9 Å². The summed E-state index contributed by atoms with van der Waals surface area (Å²) in [5, 5.41) is 23.2. The van der Waals surface area contributed by atoms with E-state index in [1.54, 1.807) is 48.5 Å². The van der Waals surface area contributed by atoms with Crippen molar-refractivity contribution in [2.45, 2.75) is 18.7 Å². The van der Waals surface area contributed by atoms with Gasteiger partial charge in [0.25, 0.3) is 16.0 Å². The third-order valence-corrected chi connectivity index (χ3v) is 6.81. The number of carbonyl (C=O) groups excluding carboxylic acids is 1. The van der Waals surface area contributed by atoms with Crippen LogP contribution >= 0.6 is 11.6 Å². The number of aromatic hydroxyl groups is 1. The van der Waals surface area contributed by atoms with Crippen molar-refractivity contribution in [2.24, 2.45) is 10.2 Å². The fourth-order valence-corrected chi connectivity index (χ4v) is 4.51. The van der Waals surface area contributed by atoms with Crippen molar-refractivity contribution in [2.75, 3.05) is 11.9 Å². The zero-order valence-electron chi connectivity index (χ0n) is 19.8. The molecule has 0 aromatic heterocycles. The maximum atomic E-state index is 13.1. The molecule has 0 atom stereocenters. The number of benzene rings is 4. The Labute approximate surface area is 218 Å². The van der Waals surface area contributed by atoms with E-state index >= 15 is 0 Å². The van der Waals surface area contributed by atoms with E-state index in [1.807, 2.05) is 6.92 Å². The summed E-state index contributed by atoms with van der Waals surface area (Å²) in [6.07, 6.45) is 0. The number of anilines is 1. The van der Waals surface area contributed by atoms with Gasteiger partial charge in [-0.2, -0.15) is 8.42 Å². The molecule has 0 aliphatic rings. The maximum Gasteiger partial charge on any atom is 0.296 e. The highest BCUT2D eigenvalue weighted by molar-refractivity contribution is 7.86. The molecule has 4 aromatic rings. The fourth-order valence-electron chi connectivity index (χ4n) is 3.67. The number of carbonyl (C=O) groups is 1. The third-order valence-electron chi connectivity index (χ3n) is 5.52. The third kappa shape index (κ3) is 5.56. The van der Waals surface area contributed by atoms with E-state index in [1.165, 1.54) is 19.1 Å². The minimum atomic E-state index is -4.64. The van der Waals surface area contributed by atoms with Crippen molar-refractivity contribution in [1.29, 1.82) is 0 Å². The Morgan fingerprint density at radius 1 is 1.03 bits per heavy atom. The topological polar surface area (TPSA) is 138 Å². The average molecular weight is 540 g/mol. The number of hydrogen-bond donors (Lipinski definition) is 3. The summed E-state index contributed by atoms with van der Waals surface area (Å²) in [4.78, 5) is 12.6. The normalized spacial score (nSPS) is 11.7. The summed E-state index contributed by atoms with van der Waals surface area (Å²) < 4.78 is 38.8. The van der Waals surface area contributed by atoms with Crippen LogP contribution in [0.3, 0.4) is 0 Å². The lowest BCUT2D eigenvalue weighted by molar-refractivity contribution is 0.102. The highest BCUT2D eigenvalue weighted by atomic mass is 35.5. The zero-order chi connectivity index (χ0) is 26.7. The number of amides is 1. The molecule has 37 heavy (non-hydrogen) atoms. The van der Waals surface area contributed by atoms with Crippen molar-refractivity contribution in [3.63, 3.8) is 0 Å².